The van der Waals surface area contributed by atoms with Gasteiger partial charge < -0.3 is 10.2 Å². The van der Waals surface area contributed by atoms with Gasteiger partial charge in [0.1, 0.15) is 0 Å². The largest absolute Gasteiger partial charge is 0.356 e. The van der Waals surface area contributed by atoms with Crippen molar-refractivity contribution in [2.75, 3.05) is 19.6 Å². The maximum Gasteiger partial charge on any atom is 0.253 e. The predicted molar refractivity (Wildman–Crippen MR) is 110 cm³/mol. The Hall–Kier alpha value is -2.62. The molecule has 0 bridgehead atoms. The molecule has 2 atom stereocenters. The first kappa shape index (κ1) is 18.7. The van der Waals surface area contributed by atoms with Gasteiger partial charge >= 0.3 is 0 Å². The molecule has 1 aliphatic heterocycles. The predicted octanol–water partition coefficient (Wildman–Crippen LogP) is 3.69. The van der Waals surface area contributed by atoms with Crippen molar-refractivity contribution in [2.24, 2.45) is 11.8 Å². The molecule has 2 aromatic carbocycles. The Bertz CT molecular complexity index is 853. The van der Waals surface area contributed by atoms with Gasteiger partial charge in [-0.1, -0.05) is 47.5 Å². The number of nitrogens with zero attached hydrogens (tertiary/aromatic N) is 1. The van der Waals surface area contributed by atoms with E-state index in [-0.39, 0.29) is 23.7 Å². The van der Waals surface area contributed by atoms with Crippen molar-refractivity contribution in [1.82, 2.24) is 10.2 Å². The summed E-state index contributed by atoms with van der Waals surface area (Å²) in [4.78, 5) is 27.8. The zero-order chi connectivity index (χ0) is 19.7. The first-order chi connectivity index (χ1) is 13.5. The number of carbonyl (C=O) groups is 2. The number of hydrogen-bond donors (Lipinski definition) is 1. The molecule has 4 heteroatoms. The van der Waals surface area contributed by atoms with Crippen LogP contribution in [0.2, 0.25) is 0 Å². The fourth-order valence-electron chi connectivity index (χ4n) is 3.96. The molecule has 1 aliphatic carbocycles. The summed E-state index contributed by atoms with van der Waals surface area (Å²) < 4.78 is 0. The monoisotopic (exact) mass is 376 g/mol. The summed E-state index contributed by atoms with van der Waals surface area (Å²) in [6.07, 6.45) is 2.43. The Balaban J connectivity index is 1.54. The lowest BCUT2D eigenvalue weighted by molar-refractivity contribution is -0.125. The van der Waals surface area contributed by atoms with Crippen LogP contribution in [0.25, 0.3) is 0 Å². The van der Waals surface area contributed by atoms with Gasteiger partial charge in [-0.15, -0.1) is 0 Å². The number of hydrogen-bond acceptors (Lipinski definition) is 2. The number of nitrogens with one attached hydrogen (secondary N) is 1. The van der Waals surface area contributed by atoms with Crippen molar-refractivity contribution >= 4 is 11.8 Å². The van der Waals surface area contributed by atoms with Gasteiger partial charge in [-0.2, -0.15) is 0 Å². The van der Waals surface area contributed by atoms with Crippen LogP contribution >= 0.6 is 0 Å². The van der Waals surface area contributed by atoms with E-state index in [0.29, 0.717) is 24.6 Å². The van der Waals surface area contributed by atoms with Gasteiger partial charge in [0.2, 0.25) is 5.91 Å². The minimum Gasteiger partial charge on any atom is -0.356 e. The summed E-state index contributed by atoms with van der Waals surface area (Å²) >= 11 is 0. The molecule has 2 fully saturated rings. The van der Waals surface area contributed by atoms with Crippen LogP contribution in [-0.2, 0) is 4.79 Å². The molecule has 4 rings (SSSR count). The Morgan fingerprint density at radius 1 is 0.929 bits per heavy atom. The Morgan fingerprint density at radius 3 is 2.14 bits per heavy atom. The van der Waals surface area contributed by atoms with E-state index in [9.17, 15) is 9.59 Å². The summed E-state index contributed by atoms with van der Waals surface area (Å²) in [5.74, 6) is 0.574. The quantitative estimate of drug-likeness (QED) is 0.865. The Kier molecular flexibility index (Phi) is 5.21. The second-order valence-electron chi connectivity index (χ2n) is 8.39. The van der Waals surface area contributed by atoms with Gasteiger partial charge in [0.05, 0.1) is 5.92 Å². The zero-order valence-electron chi connectivity index (χ0n) is 16.7. The molecule has 0 spiro atoms. The fourth-order valence-corrected chi connectivity index (χ4v) is 3.96. The standard InChI is InChI=1S/C24H28N2O2/c1-16-3-9-19(10-4-16)21-14-26(24(28)20-11-5-17(2)6-12-20)15-22(21)23(27)25-13-18-7-8-18/h3-6,9-12,18,21-22H,7-8,13-15H2,1-2H3,(H,25,27)/t21-,22-/m1/s1. The molecule has 2 amide bonds. The van der Waals surface area contributed by atoms with Gasteiger partial charge in [-0.3, -0.25) is 9.59 Å². The minimum atomic E-state index is -0.198. The molecule has 2 aliphatic rings. The van der Waals surface area contributed by atoms with Crippen molar-refractivity contribution in [2.45, 2.75) is 32.6 Å². The minimum absolute atomic E-state index is 0.00889. The summed E-state index contributed by atoms with van der Waals surface area (Å²) in [7, 11) is 0. The average Bonchev–Trinajstić information content (AvgIpc) is 3.43. The van der Waals surface area contributed by atoms with E-state index in [0.717, 1.165) is 17.7 Å². The summed E-state index contributed by atoms with van der Waals surface area (Å²) in [5.41, 5.74) is 4.15. The first-order valence-electron chi connectivity index (χ1n) is 10.2. The normalized spacial score (nSPS) is 21.6. The van der Waals surface area contributed by atoms with Gasteiger partial charge in [0.15, 0.2) is 0 Å². The summed E-state index contributed by atoms with van der Waals surface area (Å²) in [6, 6.07) is 16.0. The Labute approximate surface area is 166 Å². The second kappa shape index (κ2) is 7.78. The van der Waals surface area contributed by atoms with Gasteiger partial charge in [0.25, 0.3) is 5.91 Å². The molecule has 1 N–H and O–H groups in total. The molecule has 0 aromatic heterocycles. The van der Waals surface area contributed by atoms with Crippen LogP contribution in [0.3, 0.4) is 0 Å². The van der Waals surface area contributed by atoms with E-state index in [4.69, 9.17) is 0 Å². The van der Waals surface area contributed by atoms with Crippen LogP contribution in [-0.4, -0.2) is 36.3 Å². The lowest BCUT2D eigenvalue weighted by atomic mass is 9.88. The number of carbonyl (C=O) groups excluding carboxylic acids is 2. The number of aryl methyl sites for hydroxylation is 2. The third-order valence-corrected chi connectivity index (χ3v) is 6.01. The molecule has 1 saturated heterocycles. The number of amides is 2. The van der Waals surface area contributed by atoms with E-state index in [2.05, 4.69) is 36.5 Å². The number of rotatable bonds is 5. The van der Waals surface area contributed by atoms with Crippen LogP contribution in [0.15, 0.2) is 48.5 Å². The topological polar surface area (TPSA) is 49.4 Å². The smallest absolute Gasteiger partial charge is 0.253 e. The molecule has 146 valence electrons. The van der Waals surface area contributed by atoms with E-state index < -0.39 is 0 Å². The molecular weight excluding hydrogens is 348 g/mol. The fraction of sp³-hybridized carbons (Fsp3) is 0.417. The van der Waals surface area contributed by atoms with Crippen molar-refractivity contribution in [3.8, 4) is 0 Å². The van der Waals surface area contributed by atoms with Gasteiger partial charge in [-0.05, 0) is 50.3 Å². The maximum absolute atomic E-state index is 13.0. The van der Waals surface area contributed by atoms with Crippen molar-refractivity contribution < 1.29 is 9.59 Å². The van der Waals surface area contributed by atoms with E-state index in [1.54, 1.807) is 0 Å². The molecule has 1 heterocycles. The molecule has 0 radical (unpaired) electrons. The van der Waals surface area contributed by atoms with Crippen LogP contribution in [0, 0.1) is 25.7 Å². The third-order valence-electron chi connectivity index (χ3n) is 6.01. The average molecular weight is 377 g/mol. The SMILES string of the molecule is Cc1ccc(C(=O)N2C[C@H](c3ccc(C)cc3)[C@H](C(=O)NCC3CC3)C2)cc1. The Morgan fingerprint density at radius 2 is 1.54 bits per heavy atom. The van der Waals surface area contributed by atoms with Crippen LogP contribution in [0.4, 0.5) is 0 Å². The zero-order valence-corrected chi connectivity index (χ0v) is 16.7. The van der Waals surface area contributed by atoms with E-state index in [1.165, 1.54) is 18.4 Å². The van der Waals surface area contributed by atoms with Crippen LogP contribution < -0.4 is 5.32 Å². The first-order valence-corrected chi connectivity index (χ1v) is 10.2. The number of benzene rings is 2. The highest BCUT2D eigenvalue weighted by molar-refractivity contribution is 5.95. The summed E-state index contributed by atoms with van der Waals surface area (Å²) in [6.45, 7) is 5.89. The van der Waals surface area contributed by atoms with Gasteiger partial charge in [0, 0.05) is 31.1 Å². The maximum atomic E-state index is 13.0. The molecule has 0 unspecified atom stereocenters. The molecule has 2 aromatic rings. The van der Waals surface area contributed by atoms with Crippen LogP contribution in [0.1, 0.15) is 45.8 Å². The molecular formula is C24H28N2O2. The van der Waals surface area contributed by atoms with E-state index in [1.807, 2.05) is 36.1 Å². The number of likely N-dealkylation sites (tertiary alicyclic amines) is 1. The highest BCUT2D eigenvalue weighted by atomic mass is 16.2. The van der Waals surface area contributed by atoms with Gasteiger partial charge in [-0.25, -0.2) is 0 Å². The molecule has 1 saturated carbocycles. The lowest BCUT2D eigenvalue weighted by Gasteiger charge is -2.18. The van der Waals surface area contributed by atoms with Crippen molar-refractivity contribution in [3.05, 3.63) is 70.8 Å². The molecule has 28 heavy (non-hydrogen) atoms. The molecule has 4 nitrogen and oxygen atoms in total. The lowest BCUT2D eigenvalue weighted by Crippen LogP contribution is -2.36. The summed E-state index contributed by atoms with van der Waals surface area (Å²) in [5, 5.41) is 3.13. The van der Waals surface area contributed by atoms with E-state index >= 15 is 0 Å². The highest BCUT2D eigenvalue weighted by Gasteiger charge is 2.40. The van der Waals surface area contributed by atoms with Crippen molar-refractivity contribution in [1.29, 1.82) is 0 Å². The van der Waals surface area contributed by atoms with Crippen LogP contribution in [0.5, 0.6) is 0 Å². The van der Waals surface area contributed by atoms with Crippen molar-refractivity contribution in [3.63, 3.8) is 0 Å². The second-order valence-corrected chi connectivity index (χ2v) is 8.39. The highest BCUT2D eigenvalue weighted by Crippen LogP contribution is 2.34. The third kappa shape index (κ3) is 4.11.